The Bertz CT molecular complexity index is 827. The summed E-state index contributed by atoms with van der Waals surface area (Å²) in [5, 5.41) is 10.5. The van der Waals surface area contributed by atoms with Crippen LogP contribution in [-0.4, -0.2) is 28.6 Å². The SMILES string of the molecule is C#CC(=O)N(c1cc(Cl)c(OC2CCC2)cc1C)C1(C(=O)O)CCC[C@H](C)C1. The van der Waals surface area contributed by atoms with Crippen LogP contribution in [0.25, 0.3) is 0 Å². The Labute approximate surface area is 171 Å². The Morgan fingerprint density at radius 3 is 2.57 bits per heavy atom. The number of carbonyl (C=O) groups excluding carboxylic acids is 1. The summed E-state index contributed by atoms with van der Waals surface area (Å²) in [4.78, 5) is 26.4. The minimum absolute atomic E-state index is 0.163. The van der Waals surface area contributed by atoms with E-state index in [2.05, 4.69) is 5.92 Å². The average Bonchev–Trinajstić information content (AvgIpc) is 2.61. The molecule has 6 heteroatoms. The lowest BCUT2D eigenvalue weighted by Crippen LogP contribution is -2.59. The molecule has 2 aliphatic rings. The second kappa shape index (κ2) is 8.05. The molecule has 5 nitrogen and oxygen atoms in total. The maximum Gasteiger partial charge on any atom is 0.330 e. The molecule has 3 rings (SSSR count). The van der Waals surface area contributed by atoms with Gasteiger partial charge in [0.05, 0.1) is 16.8 Å². The van der Waals surface area contributed by atoms with Crippen LogP contribution in [0.3, 0.4) is 0 Å². The van der Waals surface area contributed by atoms with Gasteiger partial charge in [-0.2, -0.15) is 0 Å². The maximum absolute atomic E-state index is 12.8. The Balaban J connectivity index is 2.06. The van der Waals surface area contributed by atoms with E-state index >= 15 is 0 Å². The van der Waals surface area contributed by atoms with Gasteiger partial charge in [0.25, 0.3) is 0 Å². The number of carboxylic acids is 1. The number of anilines is 1. The predicted molar refractivity (Wildman–Crippen MR) is 109 cm³/mol. The number of terminal acetylenes is 1. The Hall–Kier alpha value is -2.19. The van der Waals surface area contributed by atoms with Crippen LogP contribution in [0, 0.1) is 25.2 Å². The minimum Gasteiger partial charge on any atom is -0.489 e. The van der Waals surface area contributed by atoms with Crippen LogP contribution in [0.15, 0.2) is 12.1 Å². The second-order valence-electron chi connectivity index (χ2n) is 8.06. The van der Waals surface area contributed by atoms with Crippen LogP contribution in [0.4, 0.5) is 5.69 Å². The third kappa shape index (κ3) is 3.71. The van der Waals surface area contributed by atoms with Crippen LogP contribution in [0.1, 0.15) is 57.4 Å². The molecule has 1 aromatic carbocycles. The number of rotatable bonds is 5. The molecule has 1 aromatic rings. The molecule has 0 radical (unpaired) electrons. The molecule has 0 aromatic heterocycles. The highest BCUT2D eigenvalue weighted by Crippen LogP contribution is 2.43. The van der Waals surface area contributed by atoms with E-state index in [-0.39, 0.29) is 12.0 Å². The lowest BCUT2D eigenvalue weighted by Gasteiger charge is -2.44. The van der Waals surface area contributed by atoms with Crippen molar-refractivity contribution >= 4 is 29.2 Å². The molecule has 28 heavy (non-hydrogen) atoms. The number of nitrogens with zero attached hydrogens (tertiary/aromatic N) is 1. The molecule has 0 heterocycles. The van der Waals surface area contributed by atoms with Gasteiger partial charge in [0.15, 0.2) is 0 Å². The molecule has 150 valence electrons. The van der Waals surface area contributed by atoms with Gasteiger partial charge in [-0.25, -0.2) is 4.79 Å². The number of ether oxygens (including phenoxy) is 1. The smallest absolute Gasteiger partial charge is 0.330 e. The van der Waals surface area contributed by atoms with Crippen molar-refractivity contribution in [2.45, 2.75) is 70.4 Å². The fraction of sp³-hybridized carbons (Fsp3) is 0.545. The number of aliphatic carboxylic acids is 1. The minimum atomic E-state index is -1.37. The van der Waals surface area contributed by atoms with E-state index in [9.17, 15) is 14.7 Å². The lowest BCUT2D eigenvalue weighted by molar-refractivity contribution is -0.146. The Kier molecular flexibility index (Phi) is 5.90. The van der Waals surface area contributed by atoms with Gasteiger partial charge >= 0.3 is 11.9 Å². The number of hydrogen-bond acceptors (Lipinski definition) is 3. The number of benzene rings is 1. The maximum atomic E-state index is 12.8. The third-order valence-electron chi connectivity index (χ3n) is 5.96. The quantitative estimate of drug-likeness (QED) is 0.731. The normalized spacial score (nSPS) is 24.7. The van der Waals surface area contributed by atoms with E-state index < -0.39 is 17.4 Å². The first kappa shape index (κ1) is 20.5. The standard InChI is InChI=1S/C22H26ClNO4/c1-4-20(25)24(22(21(26)27)10-6-7-14(2)13-22)18-12-17(23)19(11-15(18)3)28-16-8-5-9-16/h1,11-12,14,16H,5-10,13H2,2-3H3,(H,26,27)/t14-,22?/m0/s1. The monoisotopic (exact) mass is 403 g/mol. The molecule has 2 atom stereocenters. The molecular weight excluding hydrogens is 378 g/mol. The summed E-state index contributed by atoms with van der Waals surface area (Å²) in [6, 6.07) is 3.39. The van der Waals surface area contributed by atoms with Crippen LogP contribution < -0.4 is 9.64 Å². The molecule has 1 amide bonds. The van der Waals surface area contributed by atoms with Crippen molar-refractivity contribution in [3.63, 3.8) is 0 Å². The van der Waals surface area contributed by atoms with Crippen molar-refractivity contribution < 1.29 is 19.4 Å². The van der Waals surface area contributed by atoms with Crippen molar-refractivity contribution in [1.29, 1.82) is 0 Å². The molecular formula is C22H26ClNO4. The van der Waals surface area contributed by atoms with E-state index in [4.69, 9.17) is 22.8 Å². The summed E-state index contributed by atoms with van der Waals surface area (Å²) < 4.78 is 5.93. The summed E-state index contributed by atoms with van der Waals surface area (Å²) in [5.74, 6) is 1.15. The molecule has 0 aliphatic heterocycles. The number of hydrogen-bond donors (Lipinski definition) is 1. The number of carbonyl (C=O) groups is 2. The van der Waals surface area contributed by atoms with Crippen LogP contribution in [0.5, 0.6) is 5.75 Å². The van der Waals surface area contributed by atoms with E-state index in [1.807, 2.05) is 13.8 Å². The van der Waals surface area contributed by atoms with Gasteiger partial charge in [-0.15, -0.1) is 6.42 Å². The number of amides is 1. The van der Waals surface area contributed by atoms with Gasteiger partial charge in [-0.1, -0.05) is 31.4 Å². The van der Waals surface area contributed by atoms with Gasteiger partial charge in [0, 0.05) is 0 Å². The van der Waals surface area contributed by atoms with E-state index in [0.717, 1.165) is 32.1 Å². The molecule has 2 saturated carbocycles. The van der Waals surface area contributed by atoms with E-state index in [1.54, 1.807) is 12.1 Å². The molecule has 2 fully saturated rings. The second-order valence-corrected chi connectivity index (χ2v) is 8.47. The lowest BCUT2D eigenvalue weighted by atomic mass is 9.74. The topological polar surface area (TPSA) is 66.8 Å². The van der Waals surface area contributed by atoms with Crippen LogP contribution >= 0.6 is 11.6 Å². The highest BCUT2D eigenvalue weighted by atomic mass is 35.5. The summed E-state index contributed by atoms with van der Waals surface area (Å²) >= 11 is 6.45. The predicted octanol–water partition coefficient (Wildman–Crippen LogP) is 4.58. The first-order chi connectivity index (χ1) is 13.3. The van der Waals surface area contributed by atoms with Gasteiger partial charge in [0.2, 0.25) is 0 Å². The number of carboxylic acid groups (broad SMARTS) is 1. The van der Waals surface area contributed by atoms with Gasteiger partial charge in [0.1, 0.15) is 11.3 Å². The zero-order valence-corrected chi connectivity index (χ0v) is 17.1. The largest absolute Gasteiger partial charge is 0.489 e. The molecule has 1 N–H and O–H groups in total. The zero-order valence-electron chi connectivity index (χ0n) is 16.3. The highest BCUT2D eigenvalue weighted by molar-refractivity contribution is 6.32. The first-order valence-corrected chi connectivity index (χ1v) is 10.2. The van der Waals surface area contributed by atoms with Crippen molar-refractivity contribution in [2.24, 2.45) is 5.92 Å². The number of aryl methyl sites for hydroxylation is 1. The Morgan fingerprint density at radius 1 is 1.32 bits per heavy atom. The van der Waals surface area contributed by atoms with Crippen molar-refractivity contribution in [3.05, 3.63) is 22.7 Å². The van der Waals surface area contributed by atoms with E-state index in [0.29, 0.717) is 34.9 Å². The van der Waals surface area contributed by atoms with Crippen molar-refractivity contribution in [2.75, 3.05) is 4.90 Å². The summed E-state index contributed by atoms with van der Waals surface area (Å²) in [6.07, 6.45) is 11.1. The van der Waals surface area contributed by atoms with Gasteiger partial charge < -0.3 is 9.84 Å². The fourth-order valence-electron chi connectivity index (χ4n) is 4.26. The fourth-order valence-corrected chi connectivity index (χ4v) is 4.46. The van der Waals surface area contributed by atoms with Gasteiger partial charge in [-0.05, 0) is 68.6 Å². The molecule has 2 aliphatic carbocycles. The van der Waals surface area contributed by atoms with E-state index in [1.165, 1.54) is 4.90 Å². The molecule has 0 bridgehead atoms. The average molecular weight is 404 g/mol. The van der Waals surface area contributed by atoms with Crippen LogP contribution in [0.2, 0.25) is 5.02 Å². The Morgan fingerprint density at radius 2 is 2.04 bits per heavy atom. The third-order valence-corrected chi connectivity index (χ3v) is 6.26. The zero-order chi connectivity index (χ0) is 20.5. The van der Waals surface area contributed by atoms with Gasteiger partial charge in [-0.3, -0.25) is 9.69 Å². The summed E-state index contributed by atoms with van der Waals surface area (Å²) in [7, 11) is 0. The molecule has 0 spiro atoms. The first-order valence-electron chi connectivity index (χ1n) is 9.79. The molecule has 1 unspecified atom stereocenters. The highest BCUT2D eigenvalue weighted by Gasteiger charge is 2.50. The van der Waals surface area contributed by atoms with Crippen LogP contribution in [-0.2, 0) is 9.59 Å². The molecule has 0 saturated heterocycles. The number of halogens is 1. The summed E-state index contributed by atoms with van der Waals surface area (Å²) in [6.45, 7) is 3.82. The summed E-state index contributed by atoms with van der Waals surface area (Å²) in [5.41, 5.74) is -0.225. The van der Waals surface area contributed by atoms with Crippen molar-refractivity contribution in [1.82, 2.24) is 0 Å². The van der Waals surface area contributed by atoms with Crippen molar-refractivity contribution in [3.8, 4) is 18.1 Å².